The number of rotatable bonds is 7. The molecule has 0 aliphatic carbocycles. The van der Waals surface area contributed by atoms with Crippen LogP contribution in [0.25, 0.3) is 0 Å². The average Bonchev–Trinajstić information content (AvgIpc) is 3.07. The number of hydrogen-bond donors (Lipinski definition) is 2. The first-order valence-corrected chi connectivity index (χ1v) is 9.08. The Morgan fingerprint density at radius 2 is 1.96 bits per heavy atom. The molecule has 0 radical (unpaired) electrons. The number of nitrogens with zero attached hydrogens (tertiary/aromatic N) is 1. The average molecular weight is 384 g/mol. The third kappa shape index (κ3) is 4.54. The van der Waals surface area contributed by atoms with E-state index >= 15 is 0 Å². The molecule has 0 saturated carbocycles. The molecular formula is C21H24N2O5. The number of nitrogens with one attached hydrogen (secondary N) is 1. The van der Waals surface area contributed by atoms with Crippen molar-refractivity contribution < 1.29 is 24.2 Å². The lowest BCUT2D eigenvalue weighted by molar-refractivity contribution is -0.128. The van der Waals surface area contributed by atoms with E-state index in [2.05, 4.69) is 5.32 Å². The van der Waals surface area contributed by atoms with E-state index in [-0.39, 0.29) is 24.0 Å². The largest absolute Gasteiger partial charge is 0.508 e. The van der Waals surface area contributed by atoms with Crippen LogP contribution in [0.2, 0.25) is 0 Å². The number of phenolic OH excluding ortho intramolecular Hbond substituents is 1. The van der Waals surface area contributed by atoms with Crippen molar-refractivity contribution in [3.05, 3.63) is 48.0 Å². The molecule has 1 saturated heterocycles. The van der Waals surface area contributed by atoms with E-state index in [9.17, 15) is 14.7 Å². The molecule has 2 aromatic carbocycles. The number of amides is 2. The normalized spacial score (nSPS) is 16.1. The van der Waals surface area contributed by atoms with Crippen LogP contribution >= 0.6 is 0 Å². The molecule has 148 valence electrons. The van der Waals surface area contributed by atoms with Gasteiger partial charge in [-0.2, -0.15) is 0 Å². The van der Waals surface area contributed by atoms with Crippen LogP contribution in [0.3, 0.4) is 0 Å². The van der Waals surface area contributed by atoms with Gasteiger partial charge >= 0.3 is 0 Å². The molecule has 28 heavy (non-hydrogen) atoms. The monoisotopic (exact) mass is 384 g/mol. The van der Waals surface area contributed by atoms with Gasteiger partial charge in [0, 0.05) is 31.3 Å². The summed E-state index contributed by atoms with van der Waals surface area (Å²) < 4.78 is 10.5. The van der Waals surface area contributed by atoms with Gasteiger partial charge in [0.1, 0.15) is 5.75 Å². The van der Waals surface area contributed by atoms with Gasteiger partial charge in [-0.1, -0.05) is 12.1 Å². The summed E-state index contributed by atoms with van der Waals surface area (Å²) in [6.07, 6.45) is 0.851. The van der Waals surface area contributed by atoms with E-state index in [4.69, 9.17) is 9.47 Å². The van der Waals surface area contributed by atoms with Gasteiger partial charge in [-0.15, -0.1) is 0 Å². The van der Waals surface area contributed by atoms with E-state index < -0.39 is 5.92 Å². The molecule has 7 nitrogen and oxygen atoms in total. The summed E-state index contributed by atoms with van der Waals surface area (Å²) in [5, 5.41) is 12.3. The summed E-state index contributed by atoms with van der Waals surface area (Å²) in [6, 6.07) is 12.0. The van der Waals surface area contributed by atoms with E-state index in [1.807, 2.05) is 18.2 Å². The summed E-state index contributed by atoms with van der Waals surface area (Å²) in [7, 11) is 3.17. The maximum absolute atomic E-state index is 12.4. The third-order valence-electron chi connectivity index (χ3n) is 4.82. The highest BCUT2D eigenvalue weighted by molar-refractivity contribution is 5.97. The Kier molecular flexibility index (Phi) is 6.03. The van der Waals surface area contributed by atoms with Crippen LogP contribution in [-0.2, 0) is 16.0 Å². The molecule has 0 bridgehead atoms. The number of carbonyl (C=O) groups is 2. The third-order valence-corrected chi connectivity index (χ3v) is 4.82. The van der Waals surface area contributed by atoms with Crippen molar-refractivity contribution in [1.29, 1.82) is 0 Å². The zero-order valence-electron chi connectivity index (χ0n) is 16.0. The number of hydrogen-bond acceptors (Lipinski definition) is 5. The fraction of sp³-hybridized carbons (Fsp3) is 0.333. The lowest BCUT2D eigenvalue weighted by Crippen LogP contribution is -2.30. The standard InChI is InChI=1S/C21H24N2O5/c1-27-18-7-6-14(10-19(18)28-2)8-9-23-13-15(11-20(23)25)21(26)22-16-4-3-5-17(24)12-16/h3-7,10,12,15,24H,8-9,11,13H2,1-2H3,(H,22,26)/t15-/m0/s1. The predicted octanol–water partition coefficient (Wildman–Crippen LogP) is 2.44. The first kappa shape index (κ1) is 19.5. The molecule has 1 fully saturated rings. The molecule has 1 aliphatic heterocycles. The van der Waals surface area contributed by atoms with Gasteiger partial charge < -0.3 is 24.8 Å². The lowest BCUT2D eigenvalue weighted by Gasteiger charge is -2.17. The molecule has 2 N–H and O–H groups in total. The van der Waals surface area contributed by atoms with Crippen molar-refractivity contribution in [1.82, 2.24) is 4.90 Å². The zero-order valence-corrected chi connectivity index (χ0v) is 16.0. The van der Waals surface area contributed by atoms with Gasteiger partial charge in [-0.05, 0) is 36.2 Å². The molecule has 0 unspecified atom stereocenters. The van der Waals surface area contributed by atoms with Gasteiger partial charge in [-0.3, -0.25) is 9.59 Å². The predicted molar refractivity (Wildman–Crippen MR) is 105 cm³/mol. The Hall–Kier alpha value is -3.22. The van der Waals surface area contributed by atoms with Crippen molar-refractivity contribution in [3.8, 4) is 17.2 Å². The highest BCUT2D eigenvalue weighted by Crippen LogP contribution is 2.28. The quantitative estimate of drug-likeness (QED) is 0.766. The molecule has 1 aliphatic rings. The van der Waals surface area contributed by atoms with E-state index in [0.29, 0.717) is 36.7 Å². The Balaban J connectivity index is 1.56. The minimum absolute atomic E-state index is 0.0310. The second-order valence-electron chi connectivity index (χ2n) is 6.72. The van der Waals surface area contributed by atoms with Crippen LogP contribution in [0.5, 0.6) is 17.2 Å². The maximum Gasteiger partial charge on any atom is 0.229 e. The van der Waals surface area contributed by atoms with Crippen LogP contribution in [0.1, 0.15) is 12.0 Å². The molecule has 0 spiro atoms. The Labute approximate surface area is 163 Å². The van der Waals surface area contributed by atoms with E-state index in [0.717, 1.165) is 5.56 Å². The Morgan fingerprint density at radius 3 is 2.68 bits per heavy atom. The van der Waals surface area contributed by atoms with E-state index in [1.165, 1.54) is 12.1 Å². The fourth-order valence-electron chi connectivity index (χ4n) is 3.29. The summed E-state index contributed by atoms with van der Waals surface area (Å²) in [5.74, 6) is 0.740. The van der Waals surface area contributed by atoms with Gasteiger partial charge in [-0.25, -0.2) is 0 Å². The second-order valence-corrected chi connectivity index (χ2v) is 6.72. The van der Waals surface area contributed by atoms with Crippen molar-refractivity contribution in [3.63, 3.8) is 0 Å². The first-order chi connectivity index (χ1) is 13.5. The minimum Gasteiger partial charge on any atom is -0.508 e. The van der Waals surface area contributed by atoms with Gasteiger partial charge in [0.2, 0.25) is 11.8 Å². The molecule has 3 rings (SSSR count). The fourth-order valence-corrected chi connectivity index (χ4v) is 3.29. The maximum atomic E-state index is 12.4. The topological polar surface area (TPSA) is 88.1 Å². The number of likely N-dealkylation sites (tertiary alicyclic amines) is 1. The smallest absolute Gasteiger partial charge is 0.229 e. The summed E-state index contributed by atoms with van der Waals surface area (Å²) in [6.45, 7) is 0.918. The number of phenols is 1. The summed E-state index contributed by atoms with van der Waals surface area (Å²) in [4.78, 5) is 26.5. The molecule has 0 aromatic heterocycles. The van der Waals surface area contributed by atoms with Crippen molar-refractivity contribution in [2.75, 3.05) is 32.6 Å². The Morgan fingerprint density at radius 1 is 1.18 bits per heavy atom. The first-order valence-electron chi connectivity index (χ1n) is 9.08. The number of ether oxygens (including phenoxy) is 2. The van der Waals surface area contributed by atoms with Crippen LogP contribution in [-0.4, -0.2) is 49.1 Å². The van der Waals surface area contributed by atoms with Gasteiger partial charge in [0.05, 0.1) is 20.1 Å². The van der Waals surface area contributed by atoms with Crippen LogP contribution < -0.4 is 14.8 Å². The molecule has 2 aromatic rings. The molecule has 7 heteroatoms. The lowest BCUT2D eigenvalue weighted by atomic mass is 10.1. The molecule has 2 amide bonds. The SMILES string of the molecule is COc1ccc(CCN2C[C@@H](C(=O)Nc3cccc(O)c3)CC2=O)cc1OC. The second kappa shape index (κ2) is 8.65. The summed E-state index contributed by atoms with van der Waals surface area (Å²) in [5.41, 5.74) is 1.54. The van der Waals surface area contributed by atoms with Crippen LogP contribution in [0.4, 0.5) is 5.69 Å². The van der Waals surface area contributed by atoms with Crippen LogP contribution in [0.15, 0.2) is 42.5 Å². The number of carbonyl (C=O) groups excluding carboxylic acids is 2. The molecule has 1 heterocycles. The Bertz CT molecular complexity index is 868. The number of methoxy groups -OCH3 is 2. The van der Waals surface area contributed by atoms with Gasteiger partial charge in [0.25, 0.3) is 0 Å². The van der Waals surface area contributed by atoms with Crippen molar-refractivity contribution in [2.45, 2.75) is 12.8 Å². The zero-order chi connectivity index (χ0) is 20.1. The van der Waals surface area contributed by atoms with E-state index in [1.54, 1.807) is 31.3 Å². The number of aromatic hydroxyl groups is 1. The van der Waals surface area contributed by atoms with Crippen LogP contribution in [0, 0.1) is 5.92 Å². The van der Waals surface area contributed by atoms with Gasteiger partial charge in [0.15, 0.2) is 11.5 Å². The minimum atomic E-state index is -0.403. The number of benzene rings is 2. The highest BCUT2D eigenvalue weighted by Gasteiger charge is 2.34. The highest BCUT2D eigenvalue weighted by atomic mass is 16.5. The summed E-state index contributed by atoms with van der Waals surface area (Å²) >= 11 is 0. The molecular weight excluding hydrogens is 360 g/mol. The van der Waals surface area contributed by atoms with Crippen molar-refractivity contribution >= 4 is 17.5 Å². The van der Waals surface area contributed by atoms with Crippen molar-refractivity contribution in [2.24, 2.45) is 5.92 Å². The molecule has 1 atom stereocenters. The number of anilines is 1.